The van der Waals surface area contributed by atoms with Crippen molar-refractivity contribution in [2.45, 2.75) is 6.54 Å². The Labute approximate surface area is 89.5 Å². The molecule has 2 N–H and O–H groups in total. The summed E-state index contributed by atoms with van der Waals surface area (Å²) in [7, 11) is 0. The van der Waals surface area contributed by atoms with Gasteiger partial charge in [-0.15, -0.1) is 0 Å². The molecular formula is C7H6N4OS2. The molecule has 14 heavy (non-hydrogen) atoms. The van der Waals surface area contributed by atoms with Crippen LogP contribution in [0.25, 0.3) is 0 Å². The van der Waals surface area contributed by atoms with E-state index in [1.165, 1.54) is 0 Å². The Morgan fingerprint density at radius 1 is 1.57 bits per heavy atom. The lowest BCUT2D eigenvalue weighted by Gasteiger charge is -2.16. The van der Waals surface area contributed by atoms with E-state index in [1.54, 1.807) is 10.8 Å². The number of aromatic amines is 1. The van der Waals surface area contributed by atoms with Gasteiger partial charge in [0.05, 0.1) is 6.54 Å². The van der Waals surface area contributed by atoms with Crippen molar-refractivity contribution in [2.75, 3.05) is 5.32 Å². The zero-order valence-corrected chi connectivity index (χ0v) is 8.61. The standard InChI is InChI=1S/C7H6N4OS2/c12-3-4-1-8-5-9-6(13)10-7(14)11(5)2-4/h1,3H,2H2,(H2,8,9,10,13,14). The minimum absolute atomic E-state index is 0.330. The molecule has 1 aromatic heterocycles. The van der Waals surface area contributed by atoms with Gasteiger partial charge in [0.1, 0.15) is 6.29 Å². The zero-order chi connectivity index (χ0) is 10.1. The summed E-state index contributed by atoms with van der Waals surface area (Å²) < 4.78 is 2.46. The predicted molar refractivity (Wildman–Crippen MR) is 56.0 cm³/mol. The highest BCUT2D eigenvalue weighted by atomic mass is 32.1. The molecule has 0 atom stereocenters. The monoisotopic (exact) mass is 226 g/mol. The molecule has 0 unspecified atom stereocenters. The van der Waals surface area contributed by atoms with Gasteiger partial charge in [-0.1, -0.05) is 0 Å². The number of H-pyrrole nitrogens is 1. The highest BCUT2D eigenvalue weighted by molar-refractivity contribution is 7.71. The number of anilines is 1. The number of aldehydes is 1. The number of carbonyl (C=O) groups excluding carboxylic acids is 1. The van der Waals surface area contributed by atoms with E-state index in [-0.39, 0.29) is 0 Å². The molecule has 0 saturated heterocycles. The molecular weight excluding hydrogens is 220 g/mol. The summed E-state index contributed by atoms with van der Waals surface area (Å²) in [5.74, 6) is 0.560. The molecule has 0 radical (unpaired) electrons. The quantitative estimate of drug-likeness (QED) is 0.556. The minimum atomic E-state index is 0.330. The summed E-state index contributed by atoms with van der Waals surface area (Å²) in [6.45, 7) is 0.420. The second kappa shape index (κ2) is 3.43. The summed E-state index contributed by atoms with van der Waals surface area (Å²) in [4.78, 5) is 17.3. The van der Waals surface area contributed by atoms with Crippen LogP contribution in [0.15, 0.2) is 11.8 Å². The Bertz CT molecular complexity index is 527. The van der Waals surface area contributed by atoms with Gasteiger partial charge in [0, 0.05) is 11.8 Å². The fourth-order valence-corrected chi connectivity index (χ4v) is 1.65. The van der Waals surface area contributed by atoms with Crippen molar-refractivity contribution >= 4 is 36.7 Å². The molecule has 5 nitrogen and oxygen atoms in total. The lowest BCUT2D eigenvalue weighted by Crippen LogP contribution is -2.18. The molecule has 1 aliphatic rings. The number of hydrogen-bond donors (Lipinski definition) is 2. The van der Waals surface area contributed by atoms with Gasteiger partial charge in [0.25, 0.3) is 0 Å². The van der Waals surface area contributed by atoms with Gasteiger partial charge in [0.15, 0.2) is 4.77 Å². The first kappa shape index (κ1) is 9.22. The van der Waals surface area contributed by atoms with Crippen molar-refractivity contribution in [2.24, 2.45) is 0 Å². The highest BCUT2D eigenvalue weighted by Gasteiger charge is 2.10. The fourth-order valence-electron chi connectivity index (χ4n) is 1.15. The Morgan fingerprint density at radius 3 is 3.07 bits per heavy atom. The second-order valence-electron chi connectivity index (χ2n) is 2.74. The van der Waals surface area contributed by atoms with E-state index in [0.717, 1.165) is 6.29 Å². The van der Waals surface area contributed by atoms with Crippen LogP contribution in [0.4, 0.5) is 5.95 Å². The normalized spacial score (nSPS) is 13.9. The predicted octanol–water partition coefficient (Wildman–Crippen LogP) is 1.18. The molecule has 0 bridgehead atoms. The number of nitrogens with zero attached hydrogens (tertiary/aromatic N) is 2. The number of aromatic nitrogens is 3. The van der Waals surface area contributed by atoms with Crippen molar-refractivity contribution in [1.82, 2.24) is 14.5 Å². The van der Waals surface area contributed by atoms with Gasteiger partial charge in [-0.05, 0) is 24.4 Å². The Hall–Kier alpha value is -1.34. The maximum Gasteiger partial charge on any atom is 0.212 e. The topological polar surface area (TPSA) is 62.7 Å². The first-order valence-corrected chi connectivity index (χ1v) is 4.64. The fraction of sp³-hybridized carbons (Fsp3) is 0.143. The Kier molecular flexibility index (Phi) is 2.26. The minimum Gasteiger partial charge on any atom is -0.332 e. The van der Waals surface area contributed by atoms with Crippen LogP contribution in [0.2, 0.25) is 0 Å². The van der Waals surface area contributed by atoms with Crippen molar-refractivity contribution in [1.29, 1.82) is 0 Å². The van der Waals surface area contributed by atoms with Crippen molar-refractivity contribution in [3.8, 4) is 0 Å². The van der Waals surface area contributed by atoms with E-state index < -0.39 is 0 Å². The summed E-state index contributed by atoms with van der Waals surface area (Å²) in [5, 5.41) is 2.85. The molecule has 7 heteroatoms. The van der Waals surface area contributed by atoms with Crippen molar-refractivity contribution in [3.63, 3.8) is 0 Å². The number of nitrogens with one attached hydrogen (secondary N) is 2. The Balaban J connectivity index is 2.59. The van der Waals surface area contributed by atoms with Crippen LogP contribution < -0.4 is 5.32 Å². The van der Waals surface area contributed by atoms with Gasteiger partial charge in [0.2, 0.25) is 10.7 Å². The molecule has 72 valence electrons. The Morgan fingerprint density at radius 2 is 2.36 bits per heavy atom. The molecule has 2 heterocycles. The van der Waals surface area contributed by atoms with Gasteiger partial charge in [-0.3, -0.25) is 9.36 Å². The van der Waals surface area contributed by atoms with Crippen molar-refractivity contribution in [3.05, 3.63) is 21.3 Å². The first-order chi connectivity index (χ1) is 6.70. The SMILES string of the molecule is O=CC1=CNc2nc(=S)[nH]c(=S)n2C1. The molecule has 2 rings (SSSR count). The third-order valence-corrected chi connectivity index (χ3v) is 2.32. The zero-order valence-electron chi connectivity index (χ0n) is 6.98. The van der Waals surface area contributed by atoms with Gasteiger partial charge in [-0.2, -0.15) is 4.98 Å². The molecule has 0 fully saturated rings. The number of allylic oxidation sites excluding steroid dienone is 1. The summed E-state index contributed by atoms with van der Waals surface area (Å²) in [6.07, 6.45) is 2.37. The third-order valence-electron chi connectivity index (χ3n) is 1.80. The number of carbonyl (C=O) groups is 1. The van der Waals surface area contributed by atoms with Crippen LogP contribution in [0.1, 0.15) is 0 Å². The molecule has 1 aliphatic heterocycles. The summed E-state index contributed by atoms with van der Waals surface area (Å²) >= 11 is 9.91. The van der Waals surface area contributed by atoms with E-state index in [9.17, 15) is 4.79 Å². The van der Waals surface area contributed by atoms with E-state index in [4.69, 9.17) is 24.4 Å². The maximum atomic E-state index is 10.5. The second-order valence-corrected chi connectivity index (χ2v) is 3.51. The van der Waals surface area contributed by atoms with E-state index in [1.807, 2.05) is 0 Å². The molecule has 0 amide bonds. The lowest BCUT2D eigenvalue weighted by atomic mass is 10.3. The van der Waals surface area contributed by atoms with Crippen LogP contribution >= 0.6 is 24.4 Å². The number of hydrogen-bond acceptors (Lipinski definition) is 5. The average molecular weight is 226 g/mol. The van der Waals surface area contributed by atoms with Crippen LogP contribution in [-0.4, -0.2) is 20.8 Å². The van der Waals surface area contributed by atoms with Crippen molar-refractivity contribution < 1.29 is 4.79 Å². The number of rotatable bonds is 1. The smallest absolute Gasteiger partial charge is 0.212 e. The lowest BCUT2D eigenvalue weighted by molar-refractivity contribution is -0.105. The van der Waals surface area contributed by atoms with E-state index >= 15 is 0 Å². The average Bonchev–Trinajstić information content (AvgIpc) is 2.17. The summed E-state index contributed by atoms with van der Waals surface area (Å²) in [6, 6.07) is 0. The van der Waals surface area contributed by atoms with Crippen LogP contribution in [-0.2, 0) is 11.3 Å². The third kappa shape index (κ3) is 1.51. The summed E-state index contributed by atoms with van der Waals surface area (Å²) in [5.41, 5.74) is 0.612. The maximum absolute atomic E-state index is 10.5. The van der Waals surface area contributed by atoms with E-state index in [0.29, 0.717) is 27.6 Å². The molecule has 0 aromatic carbocycles. The van der Waals surface area contributed by atoms with Crippen LogP contribution in [0, 0.1) is 9.54 Å². The van der Waals surface area contributed by atoms with E-state index in [2.05, 4.69) is 15.3 Å². The van der Waals surface area contributed by atoms with Gasteiger partial charge in [-0.25, -0.2) is 0 Å². The molecule has 0 saturated carbocycles. The van der Waals surface area contributed by atoms with Crippen LogP contribution in [0.3, 0.4) is 0 Å². The van der Waals surface area contributed by atoms with Gasteiger partial charge < -0.3 is 10.3 Å². The molecule has 0 spiro atoms. The first-order valence-electron chi connectivity index (χ1n) is 3.82. The molecule has 0 aliphatic carbocycles. The highest BCUT2D eigenvalue weighted by Crippen LogP contribution is 2.12. The number of fused-ring (bicyclic) bond motifs is 1. The molecule has 1 aromatic rings. The van der Waals surface area contributed by atoms with Gasteiger partial charge >= 0.3 is 0 Å². The largest absolute Gasteiger partial charge is 0.332 e. The van der Waals surface area contributed by atoms with Crippen LogP contribution in [0.5, 0.6) is 0 Å².